The van der Waals surface area contributed by atoms with Gasteiger partial charge in [0, 0.05) is 31.2 Å². The molecule has 0 aromatic carbocycles. The summed E-state index contributed by atoms with van der Waals surface area (Å²) < 4.78 is 5.29. The maximum Gasteiger partial charge on any atom is 0.229 e. The van der Waals surface area contributed by atoms with Crippen molar-refractivity contribution in [1.82, 2.24) is 25.7 Å². The molecule has 0 bridgehead atoms. The van der Waals surface area contributed by atoms with E-state index < -0.39 is 0 Å². The van der Waals surface area contributed by atoms with Crippen molar-refractivity contribution >= 4 is 5.82 Å². The monoisotopic (exact) mass is 300 g/mol. The van der Waals surface area contributed by atoms with Gasteiger partial charge in [-0.15, -0.1) is 5.10 Å². The Labute approximate surface area is 129 Å². The van der Waals surface area contributed by atoms with Crippen LogP contribution in [0.4, 0.5) is 5.82 Å². The van der Waals surface area contributed by atoms with Gasteiger partial charge < -0.3 is 14.7 Å². The fraction of sp³-hybridized carbons (Fsp3) is 0.600. The summed E-state index contributed by atoms with van der Waals surface area (Å²) in [4.78, 5) is 6.74. The molecule has 1 N–H and O–H groups in total. The molecule has 1 aliphatic carbocycles. The van der Waals surface area contributed by atoms with Gasteiger partial charge in [-0.3, -0.25) is 0 Å². The molecular weight excluding hydrogens is 280 g/mol. The molecule has 22 heavy (non-hydrogen) atoms. The zero-order valence-electron chi connectivity index (χ0n) is 12.5. The molecule has 0 spiro atoms. The van der Waals surface area contributed by atoms with Crippen molar-refractivity contribution in [2.24, 2.45) is 0 Å². The SMILES string of the molecule is c1cnnc(N2CCCC(NCc3noc(C4CC4)n3)C2)c1. The minimum absolute atomic E-state index is 0.415. The van der Waals surface area contributed by atoms with Crippen molar-refractivity contribution in [3.8, 4) is 0 Å². The number of hydrogen-bond acceptors (Lipinski definition) is 7. The molecule has 7 nitrogen and oxygen atoms in total. The molecule has 2 aliphatic rings. The fourth-order valence-electron chi connectivity index (χ4n) is 2.88. The summed E-state index contributed by atoms with van der Waals surface area (Å²) in [6.07, 6.45) is 6.38. The largest absolute Gasteiger partial charge is 0.354 e. The molecule has 2 fully saturated rings. The highest BCUT2D eigenvalue weighted by atomic mass is 16.5. The van der Waals surface area contributed by atoms with Crippen LogP contribution in [0, 0.1) is 0 Å². The molecule has 1 saturated carbocycles. The highest BCUT2D eigenvalue weighted by Gasteiger charge is 2.29. The quantitative estimate of drug-likeness (QED) is 0.896. The first kappa shape index (κ1) is 13.6. The smallest absolute Gasteiger partial charge is 0.229 e. The molecule has 7 heteroatoms. The van der Waals surface area contributed by atoms with Gasteiger partial charge in [0.1, 0.15) is 0 Å². The molecule has 116 valence electrons. The van der Waals surface area contributed by atoms with E-state index in [2.05, 4.69) is 30.6 Å². The van der Waals surface area contributed by atoms with Gasteiger partial charge >= 0.3 is 0 Å². The van der Waals surface area contributed by atoms with Crippen LogP contribution in [0.1, 0.15) is 43.3 Å². The molecule has 0 radical (unpaired) electrons. The number of aromatic nitrogens is 4. The number of piperidine rings is 1. The lowest BCUT2D eigenvalue weighted by Gasteiger charge is -2.33. The van der Waals surface area contributed by atoms with Crippen LogP contribution in [-0.2, 0) is 6.54 Å². The van der Waals surface area contributed by atoms with Gasteiger partial charge in [-0.05, 0) is 37.8 Å². The van der Waals surface area contributed by atoms with E-state index in [9.17, 15) is 0 Å². The second kappa shape index (κ2) is 6.00. The summed E-state index contributed by atoms with van der Waals surface area (Å²) in [7, 11) is 0. The van der Waals surface area contributed by atoms with Crippen LogP contribution in [0.5, 0.6) is 0 Å². The summed E-state index contributed by atoms with van der Waals surface area (Å²) in [6, 6.07) is 4.35. The van der Waals surface area contributed by atoms with E-state index in [4.69, 9.17) is 4.52 Å². The normalized spacial score (nSPS) is 22.0. The third-order valence-electron chi connectivity index (χ3n) is 4.26. The number of anilines is 1. The van der Waals surface area contributed by atoms with Crippen molar-refractivity contribution in [3.05, 3.63) is 30.0 Å². The predicted molar refractivity (Wildman–Crippen MR) is 80.4 cm³/mol. The Bertz CT molecular complexity index is 612. The number of hydrogen-bond donors (Lipinski definition) is 1. The molecule has 2 aromatic rings. The zero-order valence-corrected chi connectivity index (χ0v) is 12.5. The van der Waals surface area contributed by atoms with Crippen LogP contribution in [0.2, 0.25) is 0 Å². The van der Waals surface area contributed by atoms with E-state index in [0.717, 1.165) is 43.5 Å². The van der Waals surface area contributed by atoms with Gasteiger partial charge in [-0.2, -0.15) is 10.1 Å². The second-order valence-corrected chi connectivity index (χ2v) is 6.07. The van der Waals surface area contributed by atoms with Gasteiger partial charge in [-0.1, -0.05) is 5.16 Å². The van der Waals surface area contributed by atoms with Crippen molar-refractivity contribution in [2.45, 2.75) is 44.2 Å². The van der Waals surface area contributed by atoms with E-state index in [1.807, 2.05) is 12.1 Å². The van der Waals surface area contributed by atoms with Gasteiger partial charge in [0.05, 0.1) is 6.54 Å². The van der Waals surface area contributed by atoms with Gasteiger partial charge in [0.25, 0.3) is 0 Å². The third kappa shape index (κ3) is 3.09. The molecular formula is C15H20N6O. The Balaban J connectivity index is 1.32. The Morgan fingerprint density at radius 2 is 2.27 bits per heavy atom. The number of nitrogens with one attached hydrogen (secondary N) is 1. The molecule has 1 unspecified atom stereocenters. The summed E-state index contributed by atoms with van der Waals surface area (Å²) in [5, 5.41) is 15.7. The van der Waals surface area contributed by atoms with Crippen molar-refractivity contribution in [2.75, 3.05) is 18.0 Å². The van der Waals surface area contributed by atoms with Crippen LogP contribution in [-0.4, -0.2) is 39.5 Å². The van der Waals surface area contributed by atoms with Crippen LogP contribution in [0.25, 0.3) is 0 Å². The van der Waals surface area contributed by atoms with E-state index >= 15 is 0 Å². The third-order valence-corrected chi connectivity index (χ3v) is 4.26. The minimum Gasteiger partial charge on any atom is -0.354 e. The Morgan fingerprint density at radius 3 is 3.09 bits per heavy atom. The number of nitrogens with zero attached hydrogens (tertiary/aromatic N) is 5. The van der Waals surface area contributed by atoms with Gasteiger partial charge in [0.2, 0.25) is 5.89 Å². The van der Waals surface area contributed by atoms with E-state index in [1.165, 1.54) is 12.8 Å². The highest BCUT2D eigenvalue weighted by molar-refractivity contribution is 5.37. The standard InChI is InChI=1S/C15H20N6O/c1-4-14(19-17-7-1)21-8-2-3-12(10-21)16-9-13-18-15(22-20-13)11-5-6-11/h1,4,7,11-12,16H,2-3,5-6,8-10H2. The lowest BCUT2D eigenvalue weighted by Crippen LogP contribution is -2.46. The van der Waals surface area contributed by atoms with Crippen LogP contribution in [0.15, 0.2) is 22.9 Å². The average molecular weight is 300 g/mol. The molecule has 1 atom stereocenters. The summed E-state index contributed by atoms with van der Waals surface area (Å²) in [5.74, 6) is 3.04. The minimum atomic E-state index is 0.415. The molecule has 0 amide bonds. The maximum atomic E-state index is 5.29. The second-order valence-electron chi connectivity index (χ2n) is 6.07. The number of rotatable bonds is 5. The average Bonchev–Trinajstić information content (AvgIpc) is 3.33. The maximum absolute atomic E-state index is 5.29. The van der Waals surface area contributed by atoms with Gasteiger partial charge in [0.15, 0.2) is 11.6 Å². The van der Waals surface area contributed by atoms with Crippen LogP contribution >= 0.6 is 0 Å². The molecule has 3 heterocycles. The molecule has 4 rings (SSSR count). The molecule has 1 saturated heterocycles. The van der Waals surface area contributed by atoms with Crippen molar-refractivity contribution in [1.29, 1.82) is 0 Å². The summed E-state index contributed by atoms with van der Waals surface area (Å²) in [6.45, 7) is 2.63. The highest BCUT2D eigenvalue weighted by Crippen LogP contribution is 2.38. The van der Waals surface area contributed by atoms with Crippen molar-refractivity contribution < 1.29 is 4.52 Å². The summed E-state index contributed by atoms with van der Waals surface area (Å²) >= 11 is 0. The Kier molecular flexibility index (Phi) is 3.72. The fourth-order valence-corrected chi connectivity index (χ4v) is 2.88. The molecule has 2 aromatic heterocycles. The first-order valence-electron chi connectivity index (χ1n) is 7.97. The Hall–Kier alpha value is -2.02. The van der Waals surface area contributed by atoms with Crippen LogP contribution < -0.4 is 10.2 Å². The first-order valence-corrected chi connectivity index (χ1v) is 7.97. The molecule has 1 aliphatic heterocycles. The summed E-state index contributed by atoms with van der Waals surface area (Å²) in [5.41, 5.74) is 0. The van der Waals surface area contributed by atoms with E-state index in [1.54, 1.807) is 6.20 Å². The first-order chi connectivity index (χ1) is 10.9. The predicted octanol–water partition coefficient (Wildman–Crippen LogP) is 1.50. The zero-order chi connectivity index (χ0) is 14.8. The lowest BCUT2D eigenvalue weighted by molar-refractivity contribution is 0.366. The van der Waals surface area contributed by atoms with Crippen molar-refractivity contribution in [3.63, 3.8) is 0 Å². The van der Waals surface area contributed by atoms with Crippen LogP contribution in [0.3, 0.4) is 0 Å². The van der Waals surface area contributed by atoms with E-state index in [-0.39, 0.29) is 0 Å². The Morgan fingerprint density at radius 1 is 1.32 bits per heavy atom. The van der Waals surface area contributed by atoms with E-state index in [0.29, 0.717) is 18.5 Å². The van der Waals surface area contributed by atoms with Gasteiger partial charge in [-0.25, -0.2) is 0 Å². The topological polar surface area (TPSA) is 80.0 Å². The lowest BCUT2D eigenvalue weighted by atomic mass is 10.1.